The van der Waals surface area contributed by atoms with Gasteiger partial charge in [-0.1, -0.05) is 45.0 Å². The molecule has 0 radical (unpaired) electrons. The number of carbonyl (C=O) groups excluding carboxylic acids is 1. The number of nitrogens with zero attached hydrogens (tertiary/aromatic N) is 1. The third-order valence-electron chi connectivity index (χ3n) is 4.69. The number of aromatic nitrogens is 1. The fourth-order valence-corrected chi connectivity index (χ4v) is 3.20. The van der Waals surface area contributed by atoms with Gasteiger partial charge in [0, 0.05) is 17.6 Å². The number of amides is 1. The summed E-state index contributed by atoms with van der Waals surface area (Å²) in [6, 6.07) is 13.6. The molecule has 27 heavy (non-hydrogen) atoms. The molecule has 0 saturated heterocycles. The molecule has 1 aromatic heterocycles. The van der Waals surface area contributed by atoms with Gasteiger partial charge < -0.3 is 15.1 Å². The van der Waals surface area contributed by atoms with Crippen LogP contribution in [0.5, 0.6) is 0 Å². The Morgan fingerprint density at radius 1 is 1.19 bits per heavy atom. The molecule has 2 heterocycles. The molecule has 1 amide bonds. The van der Waals surface area contributed by atoms with Crippen molar-refractivity contribution in [2.24, 2.45) is 0 Å². The van der Waals surface area contributed by atoms with Crippen molar-refractivity contribution in [1.29, 1.82) is 0 Å². The van der Waals surface area contributed by atoms with E-state index in [1.807, 2.05) is 30.3 Å². The van der Waals surface area contributed by atoms with Crippen LogP contribution in [-0.4, -0.2) is 16.9 Å². The minimum Gasteiger partial charge on any atom is -0.440 e. The standard InChI is InChI=1S/C21H23N3O2.ClH/c1-21(2,3)20-24-16-11-15(8-9-18(16)26-20)23-19(25)17-10-13-6-4-5-7-14(13)12-22-17;/h4-9,11,17,22H,10,12H2,1-3H3,(H,23,25);1H. The molecule has 0 spiro atoms. The van der Waals surface area contributed by atoms with Crippen molar-refractivity contribution in [1.82, 2.24) is 10.3 Å². The molecule has 0 bridgehead atoms. The number of benzene rings is 2. The minimum absolute atomic E-state index is 0. The highest BCUT2D eigenvalue weighted by atomic mass is 35.5. The maximum Gasteiger partial charge on any atom is 0.241 e. The fraction of sp³-hybridized carbons (Fsp3) is 0.333. The van der Waals surface area contributed by atoms with Crippen molar-refractivity contribution in [3.05, 3.63) is 59.5 Å². The van der Waals surface area contributed by atoms with Gasteiger partial charge in [-0.3, -0.25) is 4.79 Å². The summed E-state index contributed by atoms with van der Waals surface area (Å²) in [6.45, 7) is 6.90. The van der Waals surface area contributed by atoms with Crippen LogP contribution >= 0.6 is 12.4 Å². The first-order valence-electron chi connectivity index (χ1n) is 8.92. The SMILES string of the molecule is CC(C)(C)c1nc2cc(NC(=O)C3Cc4ccccc4CN3)ccc2o1.Cl. The number of rotatable bonds is 2. The number of anilines is 1. The largest absolute Gasteiger partial charge is 0.440 e. The van der Waals surface area contributed by atoms with Gasteiger partial charge in [0.1, 0.15) is 5.52 Å². The number of hydrogen-bond donors (Lipinski definition) is 2. The quantitative estimate of drug-likeness (QED) is 0.693. The van der Waals surface area contributed by atoms with Crippen LogP contribution in [-0.2, 0) is 23.2 Å². The summed E-state index contributed by atoms with van der Waals surface area (Å²) in [7, 11) is 0. The average Bonchev–Trinajstić information content (AvgIpc) is 3.05. The average molecular weight is 386 g/mol. The van der Waals surface area contributed by atoms with E-state index in [-0.39, 0.29) is 29.8 Å². The van der Waals surface area contributed by atoms with Gasteiger partial charge in [-0.25, -0.2) is 4.98 Å². The van der Waals surface area contributed by atoms with Crippen LogP contribution in [0.1, 0.15) is 37.8 Å². The van der Waals surface area contributed by atoms with Crippen molar-refractivity contribution in [3.63, 3.8) is 0 Å². The number of halogens is 1. The van der Waals surface area contributed by atoms with E-state index in [9.17, 15) is 4.79 Å². The predicted molar refractivity (Wildman–Crippen MR) is 109 cm³/mol. The maximum atomic E-state index is 12.7. The maximum absolute atomic E-state index is 12.7. The van der Waals surface area contributed by atoms with Gasteiger partial charge in [-0.15, -0.1) is 12.4 Å². The lowest BCUT2D eigenvalue weighted by Gasteiger charge is -2.25. The highest BCUT2D eigenvalue weighted by Gasteiger charge is 2.24. The number of carbonyl (C=O) groups is 1. The van der Waals surface area contributed by atoms with Crippen LogP contribution in [0.2, 0.25) is 0 Å². The van der Waals surface area contributed by atoms with Gasteiger partial charge in [0.2, 0.25) is 11.8 Å². The van der Waals surface area contributed by atoms with Gasteiger partial charge in [0.15, 0.2) is 5.58 Å². The van der Waals surface area contributed by atoms with E-state index in [0.717, 1.165) is 16.8 Å². The molecule has 1 aliphatic rings. The number of fused-ring (bicyclic) bond motifs is 2. The Morgan fingerprint density at radius 3 is 2.67 bits per heavy atom. The van der Waals surface area contributed by atoms with Crippen LogP contribution in [0.25, 0.3) is 11.1 Å². The monoisotopic (exact) mass is 385 g/mol. The topological polar surface area (TPSA) is 67.2 Å². The Labute approximate surface area is 165 Å². The van der Waals surface area contributed by atoms with Crippen LogP contribution < -0.4 is 10.6 Å². The lowest BCUT2D eigenvalue weighted by atomic mass is 9.95. The molecule has 2 aromatic carbocycles. The lowest BCUT2D eigenvalue weighted by Crippen LogP contribution is -2.44. The zero-order valence-electron chi connectivity index (χ0n) is 15.7. The van der Waals surface area contributed by atoms with Crippen LogP contribution in [0.3, 0.4) is 0 Å². The smallest absolute Gasteiger partial charge is 0.241 e. The highest BCUT2D eigenvalue weighted by molar-refractivity contribution is 5.96. The molecular formula is C21H24ClN3O2. The first kappa shape index (κ1) is 19.4. The summed E-state index contributed by atoms with van der Waals surface area (Å²) in [5.41, 5.74) is 4.56. The Balaban J connectivity index is 0.00000210. The van der Waals surface area contributed by atoms with E-state index < -0.39 is 0 Å². The predicted octanol–water partition coefficient (Wildman–Crippen LogP) is 4.20. The Hall–Kier alpha value is -2.37. The minimum atomic E-state index is -0.233. The number of hydrogen-bond acceptors (Lipinski definition) is 4. The van der Waals surface area contributed by atoms with Crippen LogP contribution in [0.4, 0.5) is 5.69 Å². The zero-order chi connectivity index (χ0) is 18.3. The van der Waals surface area contributed by atoms with E-state index in [4.69, 9.17) is 4.42 Å². The van der Waals surface area contributed by atoms with Gasteiger partial charge in [-0.2, -0.15) is 0 Å². The molecule has 0 saturated carbocycles. The summed E-state index contributed by atoms with van der Waals surface area (Å²) < 4.78 is 5.81. The molecule has 142 valence electrons. The number of nitrogens with one attached hydrogen (secondary N) is 2. The Kier molecular flexibility index (Phi) is 5.27. The summed E-state index contributed by atoms with van der Waals surface area (Å²) in [4.78, 5) is 17.2. The first-order valence-corrected chi connectivity index (χ1v) is 8.92. The molecule has 0 aliphatic carbocycles. The Morgan fingerprint density at radius 2 is 1.93 bits per heavy atom. The molecule has 3 aromatic rings. The van der Waals surface area contributed by atoms with Gasteiger partial charge in [-0.05, 0) is 35.7 Å². The molecule has 1 aliphatic heterocycles. The summed E-state index contributed by atoms with van der Waals surface area (Å²) in [5, 5.41) is 6.31. The summed E-state index contributed by atoms with van der Waals surface area (Å²) in [6.07, 6.45) is 0.697. The number of oxazole rings is 1. The van der Waals surface area contributed by atoms with Crippen molar-refractivity contribution in [2.75, 3.05) is 5.32 Å². The molecule has 1 unspecified atom stereocenters. The van der Waals surface area contributed by atoms with E-state index in [2.05, 4.69) is 48.5 Å². The van der Waals surface area contributed by atoms with Crippen molar-refractivity contribution < 1.29 is 9.21 Å². The first-order chi connectivity index (χ1) is 12.4. The zero-order valence-corrected chi connectivity index (χ0v) is 16.5. The van der Waals surface area contributed by atoms with Crippen LogP contribution in [0.15, 0.2) is 46.9 Å². The van der Waals surface area contributed by atoms with E-state index in [0.29, 0.717) is 18.9 Å². The lowest BCUT2D eigenvalue weighted by molar-refractivity contribution is -0.118. The summed E-state index contributed by atoms with van der Waals surface area (Å²) in [5.74, 6) is 0.667. The second kappa shape index (κ2) is 7.33. The molecule has 4 rings (SSSR count). The molecule has 0 fully saturated rings. The van der Waals surface area contributed by atoms with Crippen molar-refractivity contribution in [3.8, 4) is 0 Å². The molecular weight excluding hydrogens is 362 g/mol. The fourth-order valence-electron chi connectivity index (χ4n) is 3.20. The normalized spacial score (nSPS) is 16.5. The highest BCUT2D eigenvalue weighted by Crippen LogP contribution is 2.27. The van der Waals surface area contributed by atoms with Gasteiger partial charge >= 0.3 is 0 Å². The van der Waals surface area contributed by atoms with Crippen molar-refractivity contribution >= 4 is 35.1 Å². The molecule has 2 N–H and O–H groups in total. The summed E-state index contributed by atoms with van der Waals surface area (Å²) >= 11 is 0. The molecule has 6 heteroatoms. The van der Waals surface area contributed by atoms with Crippen molar-refractivity contribution in [2.45, 2.75) is 45.2 Å². The third kappa shape index (κ3) is 3.99. The molecule has 1 atom stereocenters. The van der Waals surface area contributed by atoms with E-state index >= 15 is 0 Å². The second-order valence-corrected chi connectivity index (χ2v) is 7.85. The van der Waals surface area contributed by atoms with Crippen LogP contribution in [0, 0.1) is 0 Å². The Bertz CT molecular complexity index is 975. The second-order valence-electron chi connectivity index (χ2n) is 7.85. The third-order valence-corrected chi connectivity index (χ3v) is 4.69. The van der Waals surface area contributed by atoms with Gasteiger partial charge in [0.25, 0.3) is 0 Å². The van der Waals surface area contributed by atoms with Gasteiger partial charge in [0.05, 0.1) is 6.04 Å². The van der Waals surface area contributed by atoms with E-state index in [1.165, 1.54) is 11.1 Å². The molecule has 5 nitrogen and oxygen atoms in total. The van der Waals surface area contributed by atoms with E-state index in [1.54, 1.807) is 0 Å².